The minimum atomic E-state index is -3.64. The zero-order chi connectivity index (χ0) is 13.7. The second-order valence-corrected chi connectivity index (χ2v) is 5.55. The largest absolute Gasteiger partial charge is 0.360 e. The minimum absolute atomic E-state index is 0.0214. The average Bonchev–Trinajstić information content (AvgIpc) is 2.91. The molecule has 2 rings (SSSR count). The highest BCUT2D eigenvalue weighted by molar-refractivity contribution is 7.89. The normalized spacial score (nSPS) is 11.6. The molecule has 102 valence electrons. The predicted octanol–water partition coefficient (Wildman–Crippen LogP) is 0.267. The molecule has 0 unspecified atom stereocenters. The molecule has 0 aromatic carbocycles. The molecule has 0 radical (unpaired) electrons. The summed E-state index contributed by atoms with van der Waals surface area (Å²) >= 11 is 0. The number of pyridine rings is 1. The van der Waals surface area contributed by atoms with E-state index in [0.29, 0.717) is 12.3 Å². The van der Waals surface area contributed by atoms with Gasteiger partial charge in [-0.3, -0.25) is 0 Å². The number of nitrogens with one attached hydrogen (secondary N) is 2. The molecule has 2 aromatic rings. The van der Waals surface area contributed by atoms with Gasteiger partial charge in [0.1, 0.15) is 0 Å². The van der Waals surface area contributed by atoms with E-state index in [1.54, 1.807) is 12.1 Å². The Kier molecular flexibility index (Phi) is 4.25. The first kappa shape index (κ1) is 13.7. The molecule has 0 spiro atoms. The van der Waals surface area contributed by atoms with Crippen LogP contribution in [0.5, 0.6) is 0 Å². The quantitative estimate of drug-likeness (QED) is 0.789. The second-order valence-electron chi connectivity index (χ2n) is 3.84. The zero-order valence-corrected chi connectivity index (χ0v) is 11.1. The van der Waals surface area contributed by atoms with Crippen LogP contribution in [-0.4, -0.2) is 25.6 Å². The third kappa shape index (κ3) is 3.60. The Morgan fingerprint density at radius 1 is 1.26 bits per heavy atom. The van der Waals surface area contributed by atoms with Crippen molar-refractivity contribution in [1.29, 1.82) is 0 Å². The first-order valence-corrected chi connectivity index (χ1v) is 7.09. The Bertz CT molecular complexity index is 608. The summed E-state index contributed by atoms with van der Waals surface area (Å²) in [4.78, 5) is 3.93. The molecular formula is C11H14N4O3S. The Hall–Kier alpha value is -1.77. The molecule has 2 N–H and O–H groups in total. The maximum atomic E-state index is 11.9. The van der Waals surface area contributed by atoms with Crippen LogP contribution >= 0.6 is 0 Å². The van der Waals surface area contributed by atoms with Gasteiger partial charge in [-0.1, -0.05) is 11.2 Å². The van der Waals surface area contributed by atoms with E-state index in [1.807, 2.05) is 7.05 Å². The standard InChI is InChI=1S/C11H14N4O3S/c1-12-6-9-2-3-11(13-7-9)19(16,17)15-8-10-4-5-14-18-10/h2-5,7,12,15H,6,8H2,1H3. The summed E-state index contributed by atoms with van der Waals surface area (Å²) in [7, 11) is -1.83. The lowest BCUT2D eigenvalue weighted by Gasteiger charge is -2.05. The van der Waals surface area contributed by atoms with Crippen molar-refractivity contribution in [3.63, 3.8) is 0 Å². The molecule has 2 heterocycles. The molecule has 0 atom stereocenters. The van der Waals surface area contributed by atoms with Gasteiger partial charge in [0.25, 0.3) is 10.0 Å². The summed E-state index contributed by atoms with van der Waals surface area (Å²) in [5.41, 5.74) is 0.914. The van der Waals surface area contributed by atoms with Crippen molar-refractivity contribution >= 4 is 10.0 Å². The van der Waals surface area contributed by atoms with E-state index in [9.17, 15) is 8.42 Å². The highest BCUT2D eigenvalue weighted by Crippen LogP contribution is 2.07. The van der Waals surface area contributed by atoms with Gasteiger partial charge in [0.05, 0.1) is 12.7 Å². The molecule has 0 bridgehead atoms. The Labute approximate surface area is 111 Å². The zero-order valence-electron chi connectivity index (χ0n) is 10.3. The number of rotatable bonds is 6. The number of nitrogens with zero attached hydrogens (tertiary/aromatic N) is 2. The van der Waals surface area contributed by atoms with Gasteiger partial charge in [-0.25, -0.2) is 18.1 Å². The van der Waals surface area contributed by atoms with Crippen LogP contribution in [0.1, 0.15) is 11.3 Å². The van der Waals surface area contributed by atoms with Crippen LogP contribution in [0.25, 0.3) is 0 Å². The van der Waals surface area contributed by atoms with Crippen molar-refractivity contribution in [2.45, 2.75) is 18.1 Å². The van der Waals surface area contributed by atoms with Crippen molar-refractivity contribution in [3.05, 3.63) is 41.9 Å². The van der Waals surface area contributed by atoms with Gasteiger partial charge >= 0.3 is 0 Å². The second kappa shape index (κ2) is 5.91. The van der Waals surface area contributed by atoms with Gasteiger partial charge in [-0.05, 0) is 18.7 Å². The molecule has 2 aromatic heterocycles. The van der Waals surface area contributed by atoms with Crippen molar-refractivity contribution < 1.29 is 12.9 Å². The summed E-state index contributed by atoms with van der Waals surface area (Å²) in [5.74, 6) is 0.440. The van der Waals surface area contributed by atoms with E-state index < -0.39 is 10.0 Å². The van der Waals surface area contributed by atoms with Crippen molar-refractivity contribution in [2.75, 3.05) is 7.05 Å². The van der Waals surface area contributed by atoms with E-state index in [1.165, 1.54) is 18.5 Å². The van der Waals surface area contributed by atoms with Gasteiger partial charge < -0.3 is 9.84 Å². The molecule has 7 nitrogen and oxygen atoms in total. The van der Waals surface area contributed by atoms with Gasteiger partial charge in [-0.2, -0.15) is 0 Å². The molecule has 0 aliphatic heterocycles. The summed E-state index contributed by atoms with van der Waals surface area (Å²) in [6.07, 6.45) is 2.98. The lowest BCUT2D eigenvalue weighted by Crippen LogP contribution is -2.24. The van der Waals surface area contributed by atoms with Gasteiger partial charge in [0, 0.05) is 18.8 Å². The third-order valence-corrected chi connectivity index (χ3v) is 3.70. The SMILES string of the molecule is CNCc1ccc(S(=O)(=O)NCc2ccno2)nc1. The van der Waals surface area contributed by atoms with Crippen LogP contribution < -0.4 is 10.0 Å². The number of hydrogen-bond donors (Lipinski definition) is 2. The molecule has 0 aliphatic rings. The highest BCUT2D eigenvalue weighted by Gasteiger charge is 2.15. The predicted molar refractivity (Wildman–Crippen MR) is 67.5 cm³/mol. The average molecular weight is 282 g/mol. The topological polar surface area (TPSA) is 97.1 Å². The van der Waals surface area contributed by atoms with Crippen LogP contribution in [0.2, 0.25) is 0 Å². The van der Waals surface area contributed by atoms with Crippen LogP contribution in [0.15, 0.2) is 40.1 Å². The van der Waals surface area contributed by atoms with Crippen LogP contribution in [0.3, 0.4) is 0 Å². The lowest BCUT2D eigenvalue weighted by atomic mass is 10.3. The van der Waals surface area contributed by atoms with Crippen LogP contribution in [0, 0.1) is 0 Å². The molecule has 0 fully saturated rings. The maximum Gasteiger partial charge on any atom is 0.258 e. The molecule has 0 saturated heterocycles. The summed E-state index contributed by atoms with van der Waals surface area (Å²) in [5, 5.41) is 6.44. The van der Waals surface area contributed by atoms with Crippen molar-refractivity contribution in [3.8, 4) is 0 Å². The Morgan fingerprint density at radius 3 is 2.68 bits per heavy atom. The smallest absolute Gasteiger partial charge is 0.258 e. The van der Waals surface area contributed by atoms with Crippen molar-refractivity contribution in [2.24, 2.45) is 0 Å². The van der Waals surface area contributed by atoms with E-state index >= 15 is 0 Å². The highest BCUT2D eigenvalue weighted by atomic mass is 32.2. The Balaban J connectivity index is 2.06. The molecule has 0 aliphatic carbocycles. The maximum absolute atomic E-state index is 11.9. The molecule has 8 heteroatoms. The van der Waals surface area contributed by atoms with Gasteiger partial charge in [-0.15, -0.1) is 0 Å². The van der Waals surface area contributed by atoms with Crippen molar-refractivity contribution in [1.82, 2.24) is 20.2 Å². The van der Waals surface area contributed by atoms with E-state index in [2.05, 4.69) is 20.2 Å². The number of sulfonamides is 1. The first-order valence-electron chi connectivity index (χ1n) is 5.60. The molecule has 0 saturated carbocycles. The molecular weight excluding hydrogens is 268 g/mol. The fraction of sp³-hybridized carbons (Fsp3) is 0.273. The van der Waals surface area contributed by atoms with E-state index in [0.717, 1.165) is 5.56 Å². The first-order chi connectivity index (χ1) is 9.12. The van der Waals surface area contributed by atoms with E-state index in [-0.39, 0.29) is 11.6 Å². The fourth-order valence-corrected chi connectivity index (χ4v) is 2.37. The van der Waals surface area contributed by atoms with Gasteiger partial charge in [0.2, 0.25) is 0 Å². The third-order valence-electron chi connectivity index (χ3n) is 2.38. The fourth-order valence-electron chi connectivity index (χ4n) is 1.45. The van der Waals surface area contributed by atoms with Crippen LogP contribution in [-0.2, 0) is 23.1 Å². The summed E-state index contributed by atoms with van der Waals surface area (Å²) in [6.45, 7) is 0.682. The van der Waals surface area contributed by atoms with Crippen LogP contribution in [0.4, 0.5) is 0 Å². The summed E-state index contributed by atoms with van der Waals surface area (Å²) < 4.78 is 31.1. The lowest BCUT2D eigenvalue weighted by molar-refractivity contribution is 0.380. The number of aromatic nitrogens is 2. The Morgan fingerprint density at radius 2 is 2.11 bits per heavy atom. The monoisotopic (exact) mass is 282 g/mol. The van der Waals surface area contributed by atoms with E-state index in [4.69, 9.17) is 4.52 Å². The molecule has 19 heavy (non-hydrogen) atoms. The summed E-state index contributed by atoms with van der Waals surface area (Å²) in [6, 6.07) is 4.77. The minimum Gasteiger partial charge on any atom is -0.360 e. The van der Waals surface area contributed by atoms with Gasteiger partial charge in [0.15, 0.2) is 10.8 Å². The molecule has 0 amide bonds. The number of hydrogen-bond acceptors (Lipinski definition) is 6.